The highest BCUT2D eigenvalue weighted by molar-refractivity contribution is 9.10. The number of hydrogen-bond donors (Lipinski definition) is 5. The van der Waals surface area contributed by atoms with Crippen LogP contribution < -0.4 is 26.7 Å². The fourth-order valence-corrected chi connectivity index (χ4v) is 6.76. The van der Waals surface area contributed by atoms with E-state index in [4.69, 9.17) is 42.1 Å². The summed E-state index contributed by atoms with van der Waals surface area (Å²) in [5.41, 5.74) is 24.0. The summed E-state index contributed by atoms with van der Waals surface area (Å²) >= 11 is 3.23. The number of nitrogen functional groups attached to an aromatic ring is 3. The van der Waals surface area contributed by atoms with Crippen LogP contribution in [-0.2, 0) is 17.9 Å². The Balaban J connectivity index is 0.000000190. The van der Waals surface area contributed by atoms with Gasteiger partial charge < -0.3 is 49.0 Å². The van der Waals surface area contributed by atoms with Crippen LogP contribution in [0.2, 0.25) is 0 Å². The Labute approximate surface area is 359 Å². The Hall–Kier alpha value is -6.00. The molecule has 2 aliphatic rings. The maximum Gasteiger partial charge on any atom is 0.298 e. The van der Waals surface area contributed by atoms with Crippen LogP contribution in [0.4, 0.5) is 11.6 Å². The number of hydrogen-bond acceptors (Lipinski definition) is 13. The van der Waals surface area contributed by atoms with Crippen molar-refractivity contribution in [2.24, 2.45) is 11.7 Å². The number of nitrogens with one attached hydrogen (secondary N) is 2. The third kappa shape index (κ3) is 10.1. The molecule has 1 atom stereocenters. The molecule has 19 heteroatoms. The van der Waals surface area contributed by atoms with Crippen LogP contribution in [0.25, 0.3) is 34.0 Å². The third-order valence-corrected chi connectivity index (χ3v) is 10.1. The summed E-state index contributed by atoms with van der Waals surface area (Å²) in [6.45, 7) is 5.00. The maximum absolute atomic E-state index is 10.9. The Morgan fingerprint density at radius 1 is 0.817 bits per heavy atom. The smallest absolute Gasteiger partial charge is 0.298 e. The summed E-state index contributed by atoms with van der Waals surface area (Å²) < 4.78 is 14.5. The van der Waals surface area contributed by atoms with Gasteiger partial charge in [-0.25, -0.2) is 24.9 Å². The number of imidazole rings is 3. The highest BCUT2D eigenvalue weighted by Crippen LogP contribution is 2.41. The predicted octanol–water partition coefficient (Wildman–Crippen LogP) is 6.32. The van der Waals surface area contributed by atoms with E-state index in [0.717, 1.165) is 35.4 Å². The second-order valence-corrected chi connectivity index (χ2v) is 15.5. The number of alkyl halides is 1. The van der Waals surface area contributed by atoms with E-state index in [1.54, 1.807) is 11.7 Å². The van der Waals surface area contributed by atoms with Gasteiger partial charge in [0.05, 0.1) is 37.8 Å². The average Bonchev–Trinajstić information content (AvgIpc) is 4.15. The van der Waals surface area contributed by atoms with Crippen LogP contribution in [0.15, 0.2) is 60.7 Å². The molecule has 0 radical (unpaired) electrons. The summed E-state index contributed by atoms with van der Waals surface area (Å²) in [6.07, 6.45) is 4.62. The lowest BCUT2D eigenvalue weighted by Gasteiger charge is -2.08. The number of aryl methyl sites for hydroxylation is 1. The van der Waals surface area contributed by atoms with Crippen molar-refractivity contribution in [1.29, 1.82) is 5.41 Å². The lowest BCUT2D eigenvalue weighted by atomic mass is 10.2. The van der Waals surface area contributed by atoms with E-state index in [2.05, 4.69) is 58.0 Å². The first-order chi connectivity index (χ1) is 27.9. The van der Waals surface area contributed by atoms with Gasteiger partial charge in [-0.2, -0.15) is 9.97 Å². The first kappa shape index (κ1) is 45.1. The number of aromatic amines is 1. The summed E-state index contributed by atoms with van der Waals surface area (Å²) in [6, 6.07) is 20.7. The number of ether oxygens (including phenoxy) is 2. The number of H-pyrrole nitrogens is 1. The number of carbonyl (C=O) groups is 1. The number of halogens is 1. The molecule has 1 unspecified atom stereocenters. The molecule has 5 heterocycles. The minimum Gasteiger partial charge on any atom is -0.577 e. The molecule has 60 heavy (non-hydrogen) atoms. The van der Waals surface area contributed by atoms with E-state index in [1.165, 1.54) is 20.0 Å². The van der Waals surface area contributed by atoms with Crippen LogP contribution in [0.3, 0.4) is 0 Å². The van der Waals surface area contributed by atoms with E-state index in [9.17, 15) is 4.79 Å². The van der Waals surface area contributed by atoms with Gasteiger partial charge in [0.2, 0.25) is 0 Å². The molecule has 8 N–H and O–H groups in total. The van der Waals surface area contributed by atoms with Gasteiger partial charge in [-0.1, -0.05) is 76.6 Å². The summed E-state index contributed by atoms with van der Waals surface area (Å²) in [7, 11) is 3.11. The minimum atomic E-state index is -0.250. The van der Waals surface area contributed by atoms with Crippen molar-refractivity contribution in [3.8, 4) is 23.7 Å². The molecule has 17 nitrogen and oxygen atoms in total. The lowest BCUT2D eigenvalue weighted by Crippen LogP contribution is -2.17. The molecule has 7 aromatic rings. The molecular formula is C41H50BrN14O3P-2. The molecule has 2 fully saturated rings. The molecule has 9 rings (SSSR count). The molecular weight excluding hydrogens is 847 g/mol. The number of carbonyl (C=O) groups excluding carboxylic acids is 1. The monoisotopic (exact) mass is 896 g/mol. The van der Waals surface area contributed by atoms with Crippen LogP contribution in [0, 0.1) is 25.7 Å². The summed E-state index contributed by atoms with van der Waals surface area (Å²) in [4.78, 5) is 45.2. The van der Waals surface area contributed by atoms with E-state index >= 15 is 0 Å². The van der Waals surface area contributed by atoms with Gasteiger partial charge in [-0.3, -0.25) is 19.3 Å². The summed E-state index contributed by atoms with van der Waals surface area (Å²) in [5.74, 6) is 2.75. The van der Waals surface area contributed by atoms with Gasteiger partial charge in [0.1, 0.15) is 5.78 Å². The minimum absolute atomic E-state index is 0. The van der Waals surface area contributed by atoms with Crippen molar-refractivity contribution in [2.75, 3.05) is 25.7 Å². The summed E-state index contributed by atoms with van der Waals surface area (Å²) in [5, 5.41) is 7.49. The van der Waals surface area contributed by atoms with Crippen molar-refractivity contribution in [3.63, 3.8) is 0 Å². The van der Waals surface area contributed by atoms with E-state index in [-0.39, 0.29) is 39.6 Å². The number of rotatable bonds is 11. The molecule has 0 amide bonds. The standard InChI is InChI=1S/C20H21N7O.C14H15N7O.C6H9BrO.CH3.H2P/c1-11-14(13-8-9-13)23-17(22-11)18-25-16(21)15-19(26-18)27(20(24-15)28-2)10-12-6-4-3-5-7-12;1-22-14-18-9-11(17)19-12(10(15)16)20-13(9)21(14)7-8-5-3-2-4-6-8;1-4(7)6(8)5-2-3-5;;/h3-7,13H,8-10H2,1-2H3,(H,22,23)(H2,21,25,26);2-6H,7H2,1H3,(H3,15,16)(H2,17,19,20);4-5H,2-3H2,1H3;1H3;1H2/q;;;2*-1. The van der Waals surface area contributed by atoms with Crippen LogP contribution in [0.5, 0.6) is 12.0 Å². The number of aromatic nitrogens is 10. The Kier molecular flexibility index (Phi) is 14.6. The largest absolute Gasteiger partial charge is 0.577 e. The zero-order valence-corrected chi connectivity index (χ0v) is 36.9. The second kappa shape index (κ2) is 19.4. The lowest BCUT2D eigenvalue weighted by molar-refractivity contribution is -0.119. The van der Waals surface area contributed by atoms with Gasteiger partial charge >= 0.3 is 0 Å². The van der Waals surface area contributed by atoms with Crippen molar-refractivity contribution in [1.82, 2.24) is 49.0 Å². The van der Waals surface area contributed by atoms with Gasteiger partial charge in [-0.05, 0) is 50.7 Å². The number of amidine groups is 1. The molecule has 0 aliphatic heterocycles. The Bertz CT molecular complexity index is 2580. The van der Waals surface area contributed by atoms with E-state index in [1.807, 2.05) is 66.9 Å². The molecule has 2 aliphatic carbocycles. The number of nitrogens with zero attached hydrogens (tertiary/aromatic N) is 9. The van der Waals surface area contributed by atoms with Crippen molar-refractivity contribution >= 4 is 71.4 Å². The number of fused-ring (bicyclic) bond motifs is 2. The normalized spacial score (nSPS) is 13.5. The SMILES string of the molecule is CC(Br)C(=O)C1CC1.COc1nc2c(N)nc(-c3nc(C4CC4)c(C)[nH]3)nc2n1Cc1ccccc1.COc1nc2c(N)nc(C(=N)N)nc2n1Cc1ccccc1.[CH3-].[PH2-]. The maximum atomic E-state index is 10.9. The van der Waals surface area contributed by atoms with Gasteiger partial charge in [-0.15, -0.1) is 0 Å². The highest BCUT2D eigenvalue weighted by atomic mass is 79.9. The number of Topliss-reactive ketones (excluding diaryl/α,β-unsaturated/α-hetero) is 1. The van der Waals surface area contributed by atoms with E-state index in [0.29, 0.717) is 82.5 Å². The average molecular weight is 898 g/mol. The van der Waals surface area contributed by atoms with Gasteiger partial charge in [0.25, 0.3) is 12.0 Å². The number of anilines is 2. The van der Waals surface area contributed by atoms with Crippen LogP contribution in [0.1, 0.15) is 66.9 Å². The number of nitrogens with two attached hydrogens (primary N) is 3. The van der Waals surface area contributed by atoms with E-state index < -0.39 is 0 Å². The zero-order valence-electron chi connectivity index (χ0n) is 34.2. The number of benzene rings is 2. The molecule has 5 aromatic heterocycles. The molecule has 0 spiro atoms. The fraction of sp³-hybridized carbons (Fsp3) is 0.317. The van der Waals surface area contributed by atoms with Crippen molar-refractivity contribution in [3.05, 3.63) is 96.4 Å². The second-order valence-electron chi connectivity index (χ2n) is 14.1. The first-order valence-corrected chi connectivity index (χ1v) is 19.7. The van der Waals surface area contributed by atoms with Gasteiger partial charge in [0.15, 0.2) is 57.3 Å². The molecule has 2 aromatic carbocycles. The van der Waals surface area contributed by atoms with Crippen LogP contribution >= 0.6 is 25.8 Å². The molecule has 0 bridgehead atoms. The fourth-order valence-electron chi connectivity index (χ4n) is 6.39. The van der Waals surface area contributed by atoms with Gasteiger partial charge in [0, 0.05) is 17.5 Å². The van der Waals surface area contributed by atoms with Crippen molar-refractivity contribution < 1.29 is 14.3 Å². The predicted molar refractivity (Wildman–Crippen MR) is 241 cm³/mol. The molecule has 0 saturated heterocycles. The topological polar surface area (TPSA) is 253 Å². The number of methoxy groups -OCH3 is 2. The Morgan fingerprint density at radius 2 is 1.32 bits per heavy atom. The zero-order chi connectivity index (χ0) is 41.1. The van der Waals surface area contributed by atoms with Crippen LogP contribution in [-0.4, -0.2) is 79.7 Å². The highest BCUT2D eigenvalue weighted by Gasteiger charge is 2.31. The van der Waals surface area contributed by atoms with Crippen molar-refractivity contribution in [2.45, 2.75) is 63.4 Å². The molecule has 2 saturated carbocycles. The number of ketones is 1. The quantitative estimate of drug-likeness (QED) is 0.0314. The Morgan fingerprint density at radius 3 is 1.75 bits per heavy atom. The first-order valence-electron chi connectivity index (χ1n) is 18.8. The molecule has 316 valence electrons. The third-order valence-electron chi connectivity index (χ3n) is 9.62.